The van der Waals surface area contributed by atoms with Crippen molar-refractivity contribution in [1.82, 2.24) is 0 Å². The van der Waals surface area contributed by atoms with Crippen LogP contribution in [0.15, 0.2) is 0 Å². The molecule has 0 heterocycles. The van der Waals surface area contributed by atoms with Gasteiger partial charge in [0.1, 0.15) is 0 Å². The summed E-state index contributed by atoms with van der Waals surface area (Å²) in [5.74, 6) is 0.945. The molecule has 0 amide bonds. The molecule has 0 radical (unpaired) electrons. The summed E-state index contributed by atoms with van der Waals surface area (Å²) < 4.78 is 4.75. The van der Waals surface area contributed by atoms with Crippen LogP contribution < -0.4 is 5.14 Å². The van der Waals surface area contributed by atoms with E-state index in [1.54, 1.807) is 0 Å². The number of hydrogen-bond acceptors (Lipinski definition) is 4. The van der Waals surface area contributed by atoms with E-state index in [9.17, 15) is 4.79 Å². The molecule has 0 aliphatic carbocycles. The first-order valence-electron chi connectivity index (χ1n) is 3.12. The fourth-order valence-corrected chi connectivity index (χ4v) is 0.897. The monoisotopic (exact) mass is 163 g/mol. The average molecular weight is 163 g/mol. The molecule has 0 aliphatic heterocycles. The quantitative estimate of drug-likeness (QED) is 0.492. The Bertz CT molecular complexity index is 108. The molecule has 4 heteroatoms. The van der Waals surface area contributed by atoms with Gasteiger partial charge in [-0.2, -0.15) is 0 Å². The summed E-state index contributed by atoms with van der Waals surface area (Å²) >= 11 is 1.27. The predicted octanol–water partition coefficient (Wildman–Crippen LogP) is 0.792. The molecule has 1 atom stereocenters. The van der Waals surface area contributed by atoms with Crippen molar-refractivity contribution < 1.29 is 9.53 Å². The first kappa shape index (κ1) is 9.78. The zero-order chi connectivity index (χ0) is 7.98. The number of esters is 1. The van der Waals surface area contributed by atoms with E-state index < -0.39 is 0 Å². The van der Waals surface area contributed by atoms with Crippen LogP contribution in [0.1, 0.15) is 13.8 Å². The largest absolute Gasteiger partial charge is 0.466 e. The molecule has 0 spiro atoms. The topological polar surface area (TPSA) is 52.3 Å². The zero-order valence-electron chi connectivity index (χ0n) is 6.29. The summed E-state index contributed by atoms with van der Waals surface area (Å²) in [6.07, 6.45) is 0. The maximum absolute atomic E-state index is 10.3. The molecule has 0 saturated heterocycles. The number of nitrogens with two attached hydrogens (primary N) is 1. The van der Waals surface area contributed by atoms with E-state index in [-0.39, 0.29) is 5.97 Å². The molecule has 0 rings (SSSR count). The van der Waals surface area contributed by atoms with Crippen molar-refractivity contribution in [1.29, 1.82) is 0 Å². The van der Waals surface area contributed by atoms with Crippen molar-refractivity contribution in [2.75, 3.05) is 12.4 Å². The maximum Gasteiger partial charge on any atom is 0.302 e. The molecule has 0 aromatic rings. The summed E-state index contributed by atoms with van der Waals surface area (Å²) in [6.45, 7) is 3.87. The molecule has 2 N–H and O–H groups in total. The Morgan fingerprint density at radius 2 is 2.40 bits per heavy atom. The van der Waals surface area contributed by atoms with E-state index in [1.165, 1.54) is 18.9 Å². The Morgan fingerprint density at radius 3 is 2.80 bits per heavy atom. The van der Waals surface area contributed by atoms with Crippen molar-refractivity contribution in [3.63, 3.8) is 0 Å². The van der Waals surface area contributed by atoms with Gasteiger partial charge in [-0.05, 0) is 0 Å². The van der Waals surface area contributed by atoms with Gasteiger partial charge >= 0.3 is 5.97 Å². The fourth-order valence-electron chi connectivity index (χ4n) is 0.472. The normalized spacial score (nSPS) is 12.7. The van der Waals surface area contributed by atoms with E-state index in [0.29, 0.717) is 12.5 Å². The molecule has 60 valence electrons. The molecular weight excluding hydrogens is 150 g/mol. The molecule has 0 aliphatic rings. The average Bonchev–Trinajstić information content (AvgIpc) is 1.85. The van der Waals surface area contributed by atoms with Crippen molar-refractivity contribution >= 4 is 17.9 Å². The van der Waals surface area contributed by atoms with E-state index >= 15 is 0 Å². The highest BCUT2D eigenvalue weighted by Gasteiger charge is 2.02. The number of carbonyl (C=O) groups is 1. The van der Waals surface area contributed by atoms with Gasteiger partial charge in [0.2, 0.25) is 0 Å². The SMILES string of the molecule is CC(=O)OCC(C)CSN. The Balaban J connectivity index is 3.21. The maximum atomic E-state index is 10.3. The number of rotatable bonds is 4. The predicted molar refractivity (Wildman–Crippen MR) is 42.4 cm³/mol. The second kappa shape index (κ2) is 5.56. The van der Waals surface area contributed by atoms with Crippen LogP contribution in [-0.4, -0.2) is 18.3 Å². The van der Waals surface area contributed by atoms with E-state index in [4.69, 9.17) is 9.88 Å². The summed E-state index contributed by atoms with van der Waals surface area (Å²) in [5.41, 5.74) is 0. The van der Waals surface area contributed by atoms with Gasteiger partial charge in [0.25, 0.3) is 0 Å². The summed E-state index contributed by atoms with van der Waals surface area (Å²) in [6, 6.07) is 0. The molecule has 0 aromatic heterocycles. The van der Waals surface area contributed by atoms with Crippen LogP contribution in [0.3, 0.4) is 0 Å². The Labute approximate surface area is 65.4 Å². The zero-order valence-corrected chi connectivity index (χ0v) is 7.11. The fraction of sp³-hybridized carbons (Fsp3) is 0.833. The summed E-state index contributed by atoms with van der Waals surface area (Å²) in [7, 11) is 0. The standard InChI is InChI=1S/C6H13NO2S/c1-5(4-10-7)3-9-6(2)8/h5H,3-4,7H2,1-2H3. The van der Waals surface area contributed by atoms with Gasteiger partial charge in [-0.15, -0.1) is 0 Å². The van der Waals surface area contributed by atoms with Gasteiger partial charge in [-0.1, -0.05) is 18.9 Å². The van der Waals surface area contributed by atoms with Crippen LogP contribution in [0.2, 0.25) is 0 Å². The number of hydrogen-bond donors (Lipinski definition) is 1. The van der Waals surface area contributed by atoms with Gasteiger partial charge in [-0.3, -0.25) is 9.93 Å². The first-order valence-corrected chi connectivity index (χ1v) is 4.16. The molecule has 0 bridgehead atoms. The summed E-state index contributed by atoms with van der Waals surface area (Å²) in [5, 5.41) is 5.21. The highest BCUT2D eigenvalue weighted by molar-refractivity contribution is 7.97. The third-order valence-electron chi connectivity index (χ3n) is 0.952. The minimum absolute atomic E-state index is 0.228. The summed E-state index contributed by atoms with van der Waals surface area (Å²) in [4.78, 5) is 10.3. The minimum Gasteiger partial charge on any atom is -0.466 e. The van der Waals surface area contributed by atoms with E-state index in [0.717, 1.165) is 5.75 Å². The first-order chi connectivity index (χ1) is 4.66. The van der Waals surface area contributed by atoms with Crippen LogP contribution in [0.5, 0.6) is 0 Å². The molecule has 3 nitrogen and oxygen atoms in total. The van der Waals surface area contributed by atoms with Crippen LogP contribution >= 0.6 is 11.9 Å². The molecule has 0 aromatic carbocycles. The Kier molecular flexibility index (Phi) is 5.43. The van der Waals surface area contributed by atoms with E-state index in [1.807, 2.05) is 6.92 Å². The lowest BCUT2D eigenvalue weighted by atomic mass is 10.2. The highest BCUT2D eigenvalue weighted by Crippen LogP contribution is 2.01. The third kappa shape index (κ3) is 5.91. The molecule has 10 heavy (non-hydrogen) atoms. The second-order valence-electron chi connectivity index (χ2n) is 2.24. The Morgan fingerprint density at radius 1 is 1.80 bits per heavy atom. The van der Waals surface area contributed by atoms with Gasteiger partial charge in [0.05, 0.1) is 6.61 Å². The van der Waals surface area contributed by atoms with Crippen molar-refractivity contribution in [3.8, 4) is 0 Å². The molecule has 0 fully saturated rings. The number of ether oxygens (including phenoxy) is 1. The van der Waals surface area contributed by atoms with Crippen molar-refractivity contribution in [2.45, 2.75) is 13.8 Å². The van der Waals surface area contributed by atoms with Crippen LogP contribution in [-0.2, 0) is 9.53 Å². The molecule has 1 unspecified atom stereocenters. The molecule has 0 saturated carbocycles. The van der Waals surface area contributed by atoms with E-state index in [2.05, 4.69) is 0 Å². The van der Waals surface area contributed by atoms with Gasteiger partial charge in [-0.25, -0.2) is 0 Å². The highest BCUT2D eigenvalue weighted by atomic mass is 32.2. The van der Waals surface area contributed by atoms with Crippen LogP contribution in [0.4, 0.5) is 0 Å². The smallest absolute Gasteiger partial charge is 0.302 e. The van der Waals surface area contributed by atoms with Crippen molar-refractivity contribution in [2.24, 2.45) is 11.1 Å². The van der Waals surface area contributed by atoms with Gasteiger partial charge in [0.15, 0.2) is 0 Å². The van der Waals surface area contributed by atoms with Crippen molar-refractivity contribution in [3.05, 3.63) is 0 Å². The lowest BCUT2D eigenvalue weighted by Crippen LogP contribution is -2.11. The number of carbonyl (C=O) groups excluding carboxylic acids is 1. The van der Waals surface area contributed by atoms with Crippen LogP contribution in [0.25, 0.3) is 0 Å². The minimum atomic E-state index is -0.228. The van der Waals surface area contributed by atoms with Gasteiger partial charge < -0.3 is 4.74 Å². The lowest BCUT2D eigenvalue weighted by molar-refractivity contribution is -0.141. The third-order valence-corrected chi connectivity index (χ3v) is 1.71. The lowest BCUT2D eigenvalue weighted by Gasteiger charge is -2.07. The Hall–Kier alpha value is -0.220. The second-order valence-corrected chi connectivity index (χ2v) is 2.91. The van der Waals surface area contributed by atoms with Gasteiger partial charge in [0, 0.05) is 18.6 Å². The van der Waals surface area contributed by atoms with Crippen LogP contribution in [0, 0.1) is 5.92 Å². The molecular formula is C6H13NO2S.